The van der Waals surface area contributed by atoms with Crippen molar-refractivity contribution in [2.45, 2.75) is 52.0 Å². The van der Waals surface area contributed by atoms with Crippen molar-refractivity contribution in [3.05, 3.63) is 106 Å². The molecule has 0 radical (unpaired) electrons. The molecule has 0 spiro atoms. The van der Waals surface area contributed by atoms with Gasteiger partial charge in [-0.1, -0.05) is 61.0 Å². The van der Waals surface area contributed by atoms with Gasteiger partial charge in [-0.2, -0.15) is 0 Å². The average molecular weight is 481 g/mol. The minimum absolute atomic E-state index is 0.0414. The summed E-state index contributed by atoms with van der Waals surface area (Å²) in [5.74, 6) is -1.31. The number of nitrogens with one attached hydrogen (secondary N) is 2. The fourth-order valence-corrected chi connectivity index (χ4v) is 4.50. The molecule has 4 nitrogen and oxygen atoms in total. The van der Waals surface area contributed by atoms with E-state index in [0.29, 0.717) is 24.0 Å². The molecule has 0 bridgehead atoms. The topological polar surface area (TPSA) is 61.4 Å². The number of unbranched alkanes of at least 4 members (excludes halogenated alkanes) is 1. The first-order valence-corrected chi connectivity index (χ1v) is 12.1. The number of halogens is 2. The maximum atomic E-state index is 14.0. The third-order valence-electron chi connectivity index (χ3n) is 6.38. The van der Waals surface area contributed by atoms with E-state index in [1.807, 2.05) is 30.3 Å². The molecule has 35 heavy (non-hydrogen) atoms. The van der Waals surface area contributed by atoms with E-state index >= 15 is 0 Å². The molecular formula is C29H34F2N2O2. The van der Waals surface area contributed by atoms with Crippen LogP contribution < -0.4 is 10.8 Å². The molecule has 0 aliphatic rings. The van der Waals surface area contributed by atoms with Crippen LogP contribution in [0.25, 0.3) is 0 Å². The summed E-state index contributed by atoms with van der Waals surface area (Å²) in [6.45, 7) is 4.16. The van der Waals surface area contributed by atoms with Gasteiger partial charge in [0.05, 0.1) is 0 Å². The fraction of sp³-hybridized carbons (Fsp3) is 0.345. The third kappa shape index (κ3) is 7.98. The SMILES string of the molecule is Cc1cc(C[C@H](CCCCN[C@@H](Cc2ccccc2)c2ccc(F)cc2)C(=O)NO)cc(C)c1F. The number of carbonyl (C=O) groups is 1. The molecule has 0 aromatic heterocycles. The van der Waals surface area contributed by atoms with Gasteiger partial charge in [0.1, 0.15) is 11.6 Å². The minimum Gasteiger partial charge on any atom is -0.310 e. The highest BCUT2D eigenvalue weighted by molar-refractivity contribution is 5.77. The van der Waals surface area contributed by atoms with E-state index in [9.17, 15) is 18.8 Å². The molecule has 2 atom stereocenters. The van der Waals surface area contributed by atoms with Crippen LogP contribution in [0.5, 0.6) is 0 Å². The summed E-state index contributed by atoms with van der Waals surface area (Å²) in [5.41, 5.74) is 5.98. The molecule has 186 valence electrons. The van der Waals surface area contributed by atoms with Crippen LogP contribution in [0.2, 0.25) is 0 Å². The van der Waals surface area contributed by atoms with E-state index in [-0.39, 0.29) is 17.7 Å². The Hall–Kier alpha value is -3.09. The van der Waals surface area contributed by atoms with Gasteiger partial charge in [-0.05, 0) is 86.0 Å². The monoisotopic (exact) mass is 480 g/mol. The molecule has 0 unspecified atom stereocenters. The predicted octanol–water partition coefficient (Wildman–Crippen LogP) is 5.99. The smallest absolute Gasteiger partial charge is 0.246 e. The van der Waals surface area contributed by atoms with Crippen molar-refractivity contribution in [3.8, 4) is 0 Å². The van der Waals surface area contributed by atoms with Crippen molar-refractivity contribution in [1.82, 2.24) is 10.8 Å². The quantitative estimate of drug-likeness (QED) is 0.170. The second kappa shape index (κ2) is 13.1. The lowest BCUT2D eigenvalue weighted by molar-refractivity contribution is -0.133. The second-order valence-corrected chi connectivity index (χ2v) is 9.16. The Balaban J connectivity index is 1.56. The van der Waals surface area contributed by atoms with Crippen molar-refractivity contribution in [3.63, 3.8) is 0 Å². The van der Waals surface area contributed by atoms with E-state index in [1.165, 1.54) is 17.7 Å². The highest BCUT2D eigenvalue weighted by atomic mass is 19.1. The molecule has 0 aliphatic carbocycles. The van der Waals surface area contributed by atoms with Crippen molar-refractivity contribution in [2.24, 2.45) is 5.92 Å². The Kier molecular flexibility index (Phi) is 9.94. The van der Waals surface area contributed by atoms with Gasteiger partial charge in [0, 0.05) is 12.0 Å². The summed E-state index contributed by atoms with van der Waals surface area (Å²) in [4.78, 5) is 12.3. The van der Waals surface area contributed by atoms with E-state index in [2.05, 4.69) is 17.4 Å². The van der Waals surface area contributed by atoms with Crippen molar-refractivity contribution in [1.29, 1.82) is 0 Å². The molecule has 0 saturated carbocycles. The number of hydroxylamine groups is 1. The van der Waals surface area contributed by atoms with Gasteiger partial charge in [0.2, 0.25) is 5.91 Å². The molecule has 0 heterocycles. The van der Waals surface area contributed by atoms with Crippen LogP contribution in [0.15, 0.2) is 66.7 Å². The zero-order chi connectivity index (χ0) is 25.2. The van der Waals surface area contributed by atoms with Crippen LogP contribution in [0.4, 0.5) is 8.78 Å². The molecule has 6 heteroatoms. The zero-order valence-electron chi connectivity index (χ0n) is 20.4. The van der Waals surface area contributed by atoms with Gasteiger partial charge < -0.3 is 5.32 Å². The number of amides is 1. The minimum atomic E-state index is -0.425. The molecule has 0 aliphatic heterocycles. The van der Waals surface area contributed by atoms with Crippen LogP contribution in [0.3, 0.4) is 0 Å². The number of rotatable bonds is 12. The van der Waals surface area contributed by atoms with Gasteiger partial charge in [0.25, 0.3) is 0 Å². The molecule has 3 rings (SSSR count). The average Bonchev–Trinajstić information content (AvgIpc) is 2.86. The van der Waals surface area contributed by atoms with Gasteiger partial charge in [-0.15, -0.1) is 0 Å². The predicted molar refractivity (Wildman–Crippen MR) is 134 cm³/mol. The molecule has 3 aromatic carbocycles. The highest BCUT2D eigenvalue weighted by Gasteiger charge is 2.19. The highest BCUT2D eigenvalue weighted by Crippen LogP contribution is 2.22. The van der Waals surface area contributed by atoms with Crippen LogP contribution in [0.1, 0.15) is 53.1 Å². The zero-order valence-corrected chi connectivity index (χ0v) is 20.4. The second-order valence-electron chi connectivity index (χ2n) is 9.16. The summed E-state index contributed by atoms with van der Waals surface area (Å²) in [6, 6.07) is 20.3. The number of aryl methyl sites for hydroxylation is 2. The first-order chi connectivity index (χ1) is 16.9. The third-order valence-corrected chi connectivity index (χ3v) is 6.38. The fourth-order valence-electron chi connectivity index (χ4n) is 4.50. The van der Waals surface area contributed by atoms with E-state index in [0.717, 1.165) is 36.9 Å². The standard InChI is InChI=1S/C29H34F2N2O2/c1-20-16-23(17-21(2)28(20)31)18-25(29(34)33-35)10-6-7-15-32-27(19-22-8-4-3-5-9-22)24-11-13-26(30)14-12-24/h3-5,8-9,11-14,16-17,25,27,32,35H,6-7,10,15,18-19H2,1-2H3,(H,33,34)/t25-,27-/m0/s1. The number of hydrogen-bond donors (Lipinski definition) is 3. The number of benzene rings is 3. The van der Waals surface area contributed by atoms with Gasteiger partial charge in [0.15, 0.2) is 0 Å². The number of carbonyl (C=O) groups excluding carboxylic acids is 1. The summed E-state index contributed by atoms with van der Waals surface area (Å²) in [7, 11) is 0. The van der Waals surface area contributed by atoms with Gasteiger partial charge in [-0.25, -0.2) is 14.3 Å². The molecule has 3 N–H and O–H groups in total. The Morgan fingerprint density at radius 2 is 1.54 bits per heavy atom. The summed E-state index contributed by atoms with van der Waals surface area (Å²) in [5, 5.41) is 12.8. The Bertz CT molecular complexity index is 1060. The molecule has 3 aromatic rings. The Morgan fingerprint density at radius 3 is 2.17 bits per heavy atom. The van der Waals surface area contributed by atoms with Crippen LogP contribution in [-0.2, 0) is 17.6 Å². The van der Waals surface area contributed by atoms with Crippen LogP contribution in [0, 0.1) is 31.4 Å². The molecule has 1 amide bonds. The maximum Gasteiger partial charge on any atom is 0.246 e. The van der Waals surface area contributed by atoms with Crippen molar-refractivity contribution in [2.75, 3.05) is 6.54 Å². The molecule has 0 fully saturated rings. The first-order valence-electron chi connectivity index (χ1n) is 12.1. The van der Waals surface area contributed by atoms with E-state index < -0.39 is 11.8 Å². The summed E-state index contributed by atoms with van der Waals surface area (Å²) < 4.78 is 27.4. The van der Waals surface area contributed by atoms with E-state index in [4.69, 9.17) is 0 Å². The Labute approximate surface area is 206 Å². The summed E-state index contributed by atoms with van der Waals surface area (Å²) in [6.07, 6.45) is 3.44. The van der Waals surface area contributed by atoms with Gasteiger partial charge in [-0.3, -0.25) is 10.0 Å². The van der Waals surface area contributed by atoms with E-state index in [1.54, 1.807) is 31.5 Å². The van der Waals surface area contributed by atoms with Crippen molar-refractivity contribution >= 4 is 5.91 Å². The lowest BCUT2D eigenvalue weighted by Crippen LogP contribution is -2.30. The summed E-state index contributed by atoms with van der Waals surface area (Å²) >= 11 is 0. The van der Waals surface area contributed by atoms with Crippen molar-refractivity contribution < 1.29 is 18.8 Å². The maximum absolute atomic E-state index is 14.0. The number of hydrogen-bond acceptors (Lipinski definition) is 3. The molecule has 0 saturated heterocycles. The largest absolute Gasteiger partial charge is 0.310 e. The van der Waals surface area contributed by atoms with Gasteiger partial charge >= 0.3 is 0 Å². The first kappa shape index (κ1) is 26.5. The lowest BCUT2D eigenvalue weighted by Gasteiger charge is -2.20. The van der Waals surface area contributed by atoms with Crippen LogP contribution in [-0.4, -0.2) is 17.7 Å². The molecular weight excluding hydrogens is 446 g/mol. The Morgan fingerprint density at radius 1 is 0.886 bits per heavy atom. The lowest BCUT2D eigenvalue weighted by atomic mass is 9.91. The normalized spacial score (nSPS) is 12.8. The van der Waals surface area contributed by atoms with Crippen LogP contribution >= 0.6 is 0 Å².